The average Bonchev–Trinajstić information content (AvgIpc) is 3.26. The van der Waals surface area contributed by atoms with E-state index in [9.17, 15) is 9.59 Å². The van der Waals surface area contributed by atoms with Crippen LogP contribution in [0.3, 0.4) is 0 Å². The molecule has 0 aromatic carbocycles. The summed E-state index contributed by atoms with van der Waals surface area (Å²) < 4.78 is 7.50. The highest BCUT2D eigenvalue weighted by atomic mass is 16.7. The van der Waals surface area contributed by atoms with E-state index in [4.69, 9.17) is 9.57 Å². The monoisotopic (exact) mass is 349 g/mol. The van der Waals surface area contributed by atoms with Gasteiger partial charge in [0.15, 0.2) is 0 Å². The smallest absolute Gasteiger partial charge is 0.293 e. The zero-order valence-corrected chi connectivity index (χ0v) is 14.3. The van der Waals surface area contributed by atoms with Crippen LogP contribution >= 0.6 is 0 Å². The molecule has 9 nitrogen and oxygen atoms in total. The van der Waals surface area contributed by atoms with Crippen molar-refractivity contribution in [2.75, 3.05) is 26.2 Å². The van der Waals surface area contributed by atoms with Crippen molar-refractivity contribution in [3.8, 4) is 0 Å². The lowest BCUT2D eigenvalue weighted by Gasteiger charge is -2.33. The number of hydrogen-bond donors (Lipinski definition) is 0. The molecule has 0 radical (unpaired) electrons. The lowest BCUT2D eigenvalue weighted by atomic mass is 9.91. The molecular formula is C16H23N5O4. The van der Waals surface area contributed by atoms with E-state index in [0.717, 1.165) is 19.3 Å². The number of likely N-dealkylation sites (tertiary alicyclic amines) is 1. The molecule has 0 bridgehead atoms. The minimum absolute atomic E-state index is 0.0848. The Kier molecular flexibility index (Phi) is 4.43. The molecule has 3 fully saturated rings. The first-order valence-corrected chi connectivity index (χ1v) is 8.86. The number of ether oxygens (including phenoxy) is 1. The molecule has 1 aromatic rings. The minimum Gasteiger partial charge on any atom is -0.363 e. The van der Waals surface area contributed by atoms with Crippen molar-refractivity contribution in [3.05, 3.63) is 12.2 Å². The zero-order valence-electron chi connectivity index (χ0n) is 14.3. The van der Waals surface area contributed by atoms with E-state index in [1.54, 1.807) is 11.9 Å². The number of piperidine rings is 1. The van der Waals surface area contributed by atoms with Gasteiger partial charge in [-0.05, 0) is 31.6 Å². The SMILES string of the molecule is Cn1cnc(C(=O)N2CC[C@H]3C[C@@H](C(=O)N4CCCCO4)O[C@@H]3C2)n1. The summed E-state index contributed by atoms with van der Waals surface area (Å²) >= 11 is 0. The summed E-state index contributed by atoms with van der Waals surface area (Å²) in [5.74, 6) is 0.239. The number of rotatable bonds is 2. The number of aryl methyl sites for hydroxylation is 1. The first-order valence-electron chi connectivity index (χ1n) is 8.86. The van der Waals surface area contributed by atoms with Gasteiger partial charge in [-0.2, -0.15) is 0 Å². The summed E-state index contributed by atoms with van der Waals surface area (Å²) in [6.07, 6.45) is 4.42. The van der Waals surface area contributed by atoms with Crippen molar-refractivity contribution in [3.63, 3.8) is 0 Å². The number of nitrogens with zero attached hydrogens (tertiary/aromatic N) is 5. The van der Waals surface area contributed by atoms with E-state index in [2.05, 4.69) is 10.1 Å². The summed E-state index contributed by atoms with van der Waals surface area (Å²) in [7, 11) is 1.73. The number of hydroxylamine groups is 2. The van der Waals surface area contributed by atoms with Gasteiger partial charge in [0.25, 0.3) is 11.8 Å². The third-order valence-electron chi connectivity index (χ3n) is 5.15. The molecule has 0 N–H and O–H groups in total. The first-order chi connectivity index (χ1) is 12.1. The predicted molar refractivity (Wildman–Crippen MR) is 85.2 cm³/mol. The molecule has 25 heavy (non-hydrogen) atoms. The Morgan fingerprint density at radius 2 is 2.16 bits per heavy atom. The molecule has 0 aliphatic carbocycles. The Labute approximate surface area is 145 Å². The summed E-state index contributed by atoms with van der Waals surface area (Å²) in [4.78, 5) is 36.2. The molecule has 4 heterocycles. The van der Waals surface area contributed by atoms with Gasteiger partial charge in [0.1, 0.15) is 12.4 Å². The van der Waals surface area contributed by atoms with Gasteiger partial charge in [0.05, 0.1) is 12.7 Å². The van der Waals surface area contributed by atoms with Crippen LogP contribution in [-0.2, 0) is 21.4 Å². The normalized spacial score (nSPS) is 29.6. The molecule has 3 aliphatic rings. The molecule has 3 atom stereocenters. The molecule has 0 unspecified atom stereocenters. The van der Waals surface area contributed by atoms with Crippen LogP contribution in [-0.4, -0.2) is 75.0 Å². The van der Waals surface area contributed by atoms with Gasteiger partial charge in [0.2, 0.25) is 5.82 Å². The van der Waals surface area contributed by atoms with E-state index in [1.165, 1.54) is 16.1 Å². The van der Waals surface area contributed by atoms with E-state index in [1.807, 2.05) is 0 Å². The second kappa shape index (κ2) is 6.72. The van der Waals surface area contributed by atoms with Gasteiger partial charge in [-0.15, -0.1) is 5.10 Å². The Bertz CT molecular complexity index is 657. The van der Waals surface area contributed by atoms with Gasteiger partial charge < -0.3 is 9.64 Å². The highest BCUT2D eigenvalue weighted by molar-refractivity contribution is 5.90. The molecular weight excluding hydrogens is 326 g/mol. The minimum atomic E-state index is -0.462. The molecule has 0 spiro atoms. The maximum absolute atomic E-state index is 12.6. The third kappa shape index (κ3) is 3.25. The molecule has 1 aromatic heterocycles. The lowest BCUT2D eigenvalue weighted by molar-refractivity contribution is -0.206. The van der Waals surface area contributed by atoms with Gasteiger partial charge in [0, 0.05) is 26.7 Å². The number of carbonyl (C=O) groups excluding carboxylic acids is 2. The number of aromatic nitrogens is 3. The maximum atomic E-state index is 12.6. The van der Waals surface area contributed by atoms with Crippen molar-refractivity contribution in [2.24, 2.45) is 13.0 Å². The van der Waals surface area contributed by atoms with Crippen molar-refractivity contribution < 1.29 is 19.2 Å². The van der Waals surface area contributed by atoms with Crippen LogP contribution in [0.5, 0.6) is 0 Å². The molecule has 4 rings (SSSR count). The maximum Gasteiger partial charge on any atom is 0.293 e. The molecule has 3 aliphatic heterocycles. The van der Waals surface area contributed by atoms with Crippen LogP contribution in [0.25, 0.3) is 0 Å². The quantitative estimate of drug-likeness (QED) is 0.746. The number of carbonyl (C=O) groups is 2. The van der Waals surface area contributed by atoms with Crippen LogP contribution in [0.4, 0.5) is 0 Å². The molecule has 9 heteroatoms. The molecule has 0 saturated carbocycles. The van der Waals surface area contributed by atoms with Crippen molar-refractivity contribution >= 4 is 11.8 Å². The second-order valence-electron chi connectivity index (χ2n) is 6.92. The second-order valence-corrected chi connectivity index (χ2v) is 6.92. The number of hydrogen-bond acceptors (Lipinski definition) is 6. The van der Waals surface area contributed by atoms with E-state index in [-0.39, 0.29) is 23.7 Å². The fourth-order valence-electron chi connectivity index (χ4n) is 3.78. The lowest BCUT2D eigenvalue weighted by Crippen LogP contribution is -2.46. The average molecular weight is 349 g/mol. The van der Waals surface area contributed by atoms with E-state index < -0.39 is 6.10 Å². The fraction of sp³-hybridized carbons (Fsp3) is 0.750. The highest BCUT2D eigenvalue weighted by Crippen LogP contribution is 2.34. The number of amides is 2. The fourth-order valence-corrected chi connectivity index (χ4v) is 3.78. The Morgan fingerprint density at radius 1 is 1.28 bits per heavy atom. The summed E-state index contributed by atoms with van der Waals surface area (Å²) in [6.45, 7) is 2.34. The number of fused-ring (bicyclic) bond motifs is 1. The Morgan fingerprint density at radius 3 is 2.88 bits per heavy atom. The van der Waals surface area contributed by atoms with Crippen LogP contribution in [0.2, 0.25) is 0 Å². The predicted octanol–water partition coefficient (Wildman–Crippen LogP) is -0.0113. The zero-order chi connectivity index (χ0) is 17.4. The standard InChI is InChI=1S/C16H23N5O4/c1-19-10-17-14(18-19)16(23)20-6-4-11-8-12(25-13(11)9-20)15(22)21-5-2-3-7-24-21/h10-13H,2-9H2,1H3/t11-,12-,13+/m0/s1. The van der Waals surface area contributed by atoms with Crippen LogP contribution < -0.4 is 0 Å². The largest absolute Gasteiger partial charge is 0.363 e. The van der Waals surface area contributed by atoms with Crippen molar-refractivity contribution in [1.29, 1.82) is 0 Å². The molecule has 3 saturated heterocycles. The van der Waals surface area contributed by atoms with E-state index in [0.29, 0.717) is 38.6 Å². The van der Waals surface area contributed by atoms with Gasteiger partial charge in [-0.1, -0.05) is 0 Å². The molecule has 2 amide bonds. The van der Waals surface area contributed by atoms with Gasteiger partial charge >= 0.3 is 0 Å². The van der Waals surface area contributed by atoms with Crippen LogP contribution in [0.15, 0.2) is 6.33 Å². The van der Waals surface area contributed by atoms with E-state index >= 15 is 0 Å². The topological polar surface area (TPSA) is 89.8 Å². The van der Waals surface area contributed by atoms with Gasteiger partial charge in [-0.3, -0.25) is 19.1 Å². The summed E-state index contributed by atoms with van der Waals surface area (Å²) in [5.41, 5.74) is 0. The third-order valence-corrected chi connectivity index (χ3v) is 5.15. The Hall–Kier alpha value is -2.00. The highest BCUT2D eigenvalue weighted by Gasteiger charge is 2.44. The summed E-state index contributed by atoms with van der Waals surface area (Å²) in [6, 6.07) is 0. The van der Waals surface area contributed by atoms with Crippen LogP contribution in [0.1, 0.15) is 36.3 Å². The van der Waals surface area contributed by atoms with Crippen LogP contribution in [0, 0.1) is 5.92 Å². The van der Waals surface area contributed by atoms with Crippen molar-refractivity contribution in [1.82, 2.24) is 24.7 Å². The van der Waals surface area contributed by atoms with Gasteiger partial charge in [-0.25, -0.2) is 10.0 Å². The Balaban J connectivity index is 1.37. The van der Waals surface area contributed by atoms with Crippen molar-refractivity contribution in [2.45, 2.75) is 37.9 Å². The first kappa shape index (κ1) is 16.5. The summed E-state index contributed by atoms with van der Waals surface area (Å²) in [5, 5.41) is 5.52. The molecule has 136 valence electrons.